The smallest absolute Gasteiger partial charge is 0.379 e. The molecular formula is C24H21NO6. The van der Waals surface area contributed by atoms with E-state index >= 15 is 0 Å². The Kier molecular flexibility index (Phi) is 6.67. The minimum absolute atomic E-state index is 0.0159. The lowest BCUT2D eigenvalue weighted by atomic mass is 9.98. The van der Waals surface area contributed by atoms with Gasteiger partial charge in [-0.25, -0.2) is 4.79 Å². The van der Waals surface area contributed by atoms with Crippen molar-refractivity contribution in [3.05, 3.63) is 83.3 Å². The van der Waals surface area contributed by atoms with E-state index in [1.807, 2.05) is 24.3 Å². The van der Waals surface area contributed by atoms with Gasteiger partial charge in [-0.1, -0.05) is 18.2 Å². The topological polar surface area (TPSA) is 106 Å². The number of fused-ring (bicyclic) bond motifs is 1. The molecule has 31 heavy (non-hydrogen) atoms. The first-order valence-corrected chi connectivity index (χ1v) is 9.53. The molecule has 0 radical (unpaired) electrons. The maximum absolute atomic E-state index is 13.2. The van der Waals surface area contributed by atoms with Crippen molar-refractivity contribution in [1.82, 2.24) is 4.98 Å². The first-order chi connectivity index (χ1) is 14.9. The second kappa shape index (κ2) is 9.58. The molecule has 0 bridgehead atoms. The fourth-order valence-electron chi connectivity index (χ4n) is 2.99. The molecule has 0 aliphatic carbocycles. The number of aliphatic hydroxyl groups is 1. The number of aromatic nitrogens is 1. The van der Waals surface area contributed by atoms with Crippen molar-refractivity contribution >= 4 is 34.5 Å². The molecule has 158 valence electrons. The summed E-state index contributed by atoms with van der Waals surface area (Å²) < 4.78 is 9.76. The normalized spacial score (nSPS) is 11.9. The van der Waals surface area contributed by atoms with Gasteiger partial charge in [-0.05, 0) is 43.3 Å². The Labute approximate surface area is 178 Å². The van der Waals surface area contributed by atoms with Gasteiger partial charge >= 0.3 is 5.97 Å². The third-order valence-corrected chi connectivity index (χ3v) is 4.54. The molecule has 1 aromatic heterocycles. The predicted molar refractivity (Wildman–Crippen MR) is 116 cm³/mol. The number of carbonyl (C=O) groups is 3. The van der Waals surface area contributed by atoms with Gasteiger partial charge in [0.1, 0.15) is 11.5 Å². The summed E-state index contributed by atoms with van der Waals surface area (Å²) in [6.45, 7) is 1.58. The van der Waals surface area contributed by atoms with E-state index in [9.17, 15) is 19.5 Å². The van der Waals surface area contributed by atoms with Crippen molar-refractivity contribution in [2.24, 2.45) is 0 Å². The van der Waals surface area contributed by atoms with Crippen molar-refractivity contribution in [1.29, 1.82) is 0 Å². The lowest BCUT2D eigenvalue weighted by Crippen LogP contribution is -2.16. The number of allylic oxidation sites excluding steroid dienone is 1. The highest BCUT2D eigenvalue weighted by molar-refractivity contribution is 6.38. The molecule has 1 heterocycles. The van der Waals surface area contributed by atoms with E-state index in [0.717, 1.165) is 10.9 Å². The zero-order valence-electron chi connectivity index (χ0n) is 17.0. The molecule has 0 amide bonds. The average molecular weight is 419 g/mol. The SMILES string of the molecule is CCOC(=O)C(=O)/C=C(O)/C(=C/c1c[nH]c2ccccc12)C(=O)c1ccc(OC)cc1. The van der Waals surface area contributed by atoms with Crippen LogP contribution in [0.3, 0.4) is 0 Å². The van der Waals surface area contributed by atoms with Crippen LogP contribution in [-0.4, -0.2) is 41.3 Å². The zero-order valence-corrected chi connectivity index (χ0v) is 17.0. The average Bonchev–Trinajstić information content (AvgIpc) is 3.20. The number of carbonyl (C=O) groups excluding carboxylic acids is 3. The molecule has 0 aliphatic heterocycles. The third-order valence-electron chi connectivity index (χ3n) is 4.54. The number of hydrogen-bond acceptors (Lipinski definition) is 6. The molecule has 0 fully saturated rings. The van der Waals surface area contributed by atoms with Crippen molar-refractivity contribution in [3.63, 3.8) is 0 Å². The highest BCUT2D eigenvalue weighted by Crippen LogP contribution is 2.25. The number of ketones is 2. The summed E-state index contributed by atoms with van der Waals surface area (Å²) in [4.78, 5) is 40.0. The van der Waals surface area contributed by atoms with Gasteiger partial charge < -0.3 is 19.6 Å². The second-order valence-corrected chi connectivity index (χ2v) is 6.52. The van der Waals surface area contributed by atoms with Gasteiger partial charge in [0.2, 0.25) is 0 Å². The monoisotopic (exact) mass is 419 g/mol. The summed E-state index contributed by atoms with van der Waals surface area (Å²) >= 11 is 0. The molecule has 0 unspecified atom stereocenters. The van der Waals surface area contributed by atoms with Crippen LogP contribution in [0.15, 0.2) is 72.1 Å². The van der Waals surface area contributed by atoms with Gasteiger partial charge in [0.05, 0.1) is 19.3 Å². The van der Waals surface area contributed by atoms with Crippen LogP contribution in [0.1, 0.15) is 22.8 Å². The summed E-state index contributed by atoms with van der Waals surface area (Å²) in [5.41, 5.74) is 1.61. The van der Waals surface area contributed by atoms with E-state index in [1.54, 1.807) is 37.4 Å². The first kappa shape index (κ1) is 21.6. The number of hydrogen-bond donors (Lipinski definition) is 2. The molecule has 0 aliphatic rings. The van der Waals surface area contributed by atoms with E-state index < -0.39 is 23.3 Å². The lowest BCUT2D eigenvalue weighted by Gasteiger charge is -2.08. The maximum atomic E-state index is 13.2. The Morgan fingerprint density at radius 2 is 1.77 bits per heavy atom. The summed E-state index contributed by atoms with van der Waals surface area (Å²) in [6.07, 6.45) is 3.85. The number of aromatic amines is 1. The van der Waals surface area contributed by atoms with Gasteiger partial charge in [0, 0.05) is 34.3 Å². The Balaban J connectivity index is 2.07. The van der Waals surface area contributed by atoms with E-state index in [2.05, 4.69) is 9.72 Å². The van der Waals surface area contributed by atoms with Gasteiger partial charge in [-0.15, -0.1) is 0 Å². The quantitative estimate of drug-likeness (QED) is 0.143. The van der Waals surface area contributed by atoms with Crippen molar-refractivity contribution in [2.75, 3.05) is 13.7 Å². The van der Waals surface area contributed by atoms with E-state index in [-0.39, 0.29) is 17.7 Å². The molecule has 7 heteroatoms. The maximum Gasteiger partial charge on any atom is 0.379 e. The van der Waals surface area contributed by atoms with Crippen molar-refractivity contribution in [3.8, 4) is 5.75 Å². The van der Waals surface area contributed by atoms with Gasteiger partial charge in [0.15, 0.2) is 5.78 Å². The van der Waals surface area contributed by atoms with Crippen molar-refractivity contribution < 1.29 is 29.0 Å². The van der Waals surface area contributed by atoms with Crippen LogP contribution in [0, 0.1) is 0 Å². The summed E-state index contributed by atoms with van der Waals surface area (Å²) in [7, 11) is 1.51. The molecular weight excluding hydrogens is 398 g/mol. The number of nitrogens with one attached hydrogen (secondary N) is 1. The van der Waals surface area contributed by atoms with Crippen LogP contribution in [0.2, 0.25) is 0 Å². The molecule has 0 saturated carbocycles. The predicted octanol–water partition coefficient (Wildman–Crippen LogP) is 4.02. The minimum atomic E-state index is -1.11. The van der Waals surface area contributed by atoms with Crippen LogP contribution < -0.4 is 4.74 Å². The number of benzene rings is 2. The van der Waals surface area contributed by atoms with Crippen LogP contribution in [0.4, 0.5) is 0 Å². The second-order valence-electron chi connectivity index (χ2n) is 6.52. The summed E-state index contributed by atoms with van der Waals surface area (Å²) in [6, 6.07) is 13.8. The van der Waals surface area contributed by atoms with Gasteiger partial charge in [-0.2, -0.15) is 0 Å². The summed E-state index contributed by atoms with van der Waals surface area (Å²) in [5, 5.41) is 11.4. The Hall–Kier alpha value is -4.13. The number of H-pyrrole nitrogens is 1. The van der Waals surface area contributed by atoms with Crippen LogP contribution in [0.25, 0.3) is 17.0 Å². The third kappa shape index (κ3) is 4.90. The molecule has 2 N–H and O–H groups in total. The Bertz CT molecular complexity index is 1180. The summed E-state index contributed by atoms with van der Waals surface area (Å²) in [5.74, 6) is -2.78. The number of rotatable bonds is 8. The van der Waals surface area contributed by atoms with E-state index in [1.165, 1.54) is 13.2 Å². The number of aliphatic hydroxyl groups excluding tert-OH is 1. The van der Waals surface area contributed by atoms with Crippen LogP contribution in [0.5, 0.6) is 5.75 Å². The lowest BCUT2D eigenvalue weighted by molar-refractivity contribution is -0.151. The van der Waals surface area contributed by atoms with E-state index in [0.29, 0.717) is 17.4 Å². The van der Waals surface area contributed by atoms with Crippen LogP contribution >= 0.6 is 0 Å². The molecule has 0 atom stereocenters. The number of para-hydroxylation sites is 1. The van der Waals surface area contributed by atoms with Crippen molar-refractivity contribution in [2.45, 2.75) is 6.92 Å². The van der Waals surface area contributed by atoms with Gasteiger partial charge in [-0.3, -0.25) is 9.59 Å². The number of ether oxygens (including phenoxy) is 2. The Morgan fingerprint density at radius 3 is 2.45 bits per heavy atom. The zero-order chi connectivity index (χ0) is 22.4. The number of Topliss-reactive ketones (excluding diaryl/α,β-unsaturated/α-hetero) is 1. The Morgan fingerprint density at radius 1 is 1.06 bits per heavy atom. The first-order valence-electron chi connectivity index (χ1n) is 9.53. The standard InChI is InChI=1S/C24H21NO6/c1-3-31-24(29)22(27)13-21(26)19(23(28)15-8-10-17(30-2)11-9-15)12-16-14-25-20-7-5-4-6-18(16)20/h4-14,25-26H,3H2,1-2H3/b19-12-,21-13-. The fourth-order valence-corrected chi connectivity index (χ4v) is 2.99. The van der Waals surface area contributed by atoms with Crippen LogP contribution in [-0.2, 0) is 14.3 Å². The number of methoxy groups -OCH3 is 1. The van der Waals surface area contributed by atoms with E-state index in [4.69, 9.17) is 4.74 Å². The largest absolute Gasteiger partial charge is 0.507 e. The number of esters is 1. The highest BCUT2D eigenvalue weighted by atomic mass is 16.5. The minimum Gasteiger partial charge on any atom is -0.507 e. The molecule has 0 saturated heterocycles. The molecule has 7 nitrogen and oxygen atoms in total. The van der Waals surface area contributed by atoms with Gasteiger partial charge in [0.25, 0.3) is 5.78 Å². The molecule has 0 spiro atoms. The molecule has 3 aromatic rings. The fraction of sp³-hybridized carbons (Fsp3) is 0.125. The molecule has 2 aromatic carbocycles. The highest BCUT2D eigenvalue weighted by Gasteiger charge is 2.21. The molecule has 3 rings (SSSR count).